The molecule has 0 aliphatic heterocycles. The minimum Gasteiger partial charge on any atom is -0.497 e. The second-order valence-electron chi connectivity index (χ2n) is 7.47. The molecular weight excluding hydrogens is 442 g/mol. The van der Waals surface area contributed by atoms with Gasteiger partial charge in [-0.05, 0) is 48.4 Å². The van der Waals surface area contributed by atoms with Gasteiger partial charge in [0.05, 0.1) is 20.7 Å². The van der Waals surface area contributed by atoms with Crippen LogP contribution in [0, 0.1) is 0 Å². The van der Waals surface area contributed by atoms with Crippen LogP contribution in [0.5, 0.6) is 5.75 Å². The van der Waals surface area contributed by atoms with Gasteiger partial charge in [0, 0.05) is 0 Å². The van der Waals surface area contributed by atoms with Gasteiger partial charge in [0.15, 0.2) is 33.5 Å². The second-order valence-corrected chi connectivity index (χ2v) is 7.83. The number of ether oxygens (including phenoxy) is 1. The molecule has 2 aromatic heterocycles. The van der Waals surface area contributed by atoms with Crippen molar-refractivity contribution >= 4 is 40.2 Å². The van der Waals surface area contributed by atoms with Gasteiger partial charge in [0.2, 0.25) is 0 Å². The largest absolute Gasteiger partial charge is 0.497 e. The first-order chi connectivity index (χ1) is 15.8. The molecule has 5 N–H and O–H groups in total. The summed E-state index contributed by atoms with van der Waals surface area (Å²) in [5.41, 5.74) is 15.6. The van der Waals surface area contributed by atoms with Gasteiger partial charge in [-0.3, -0.25) is 4.79 Å². The van der Waals surface area contributed by atoms with Gasteiger partial charge in [-0.15, -0.1) is 0 Å². The molecule has 170 valence electrons. The number of aryl methyl sites for hydroxylation is 2. The lowest BCUT2D eigenvalue weighted by Gasteiger charge is -2.07. The zero-order valence-corrected chi connectivity index (χ0v) is 19.3. The quantitative estimate of drug-likeness (QED) is 0.375. The number of halogens is 1. The molecule has 4 rings (SSSR count). The molecule has 0 unspecified atom stereocenters. The molecule has 0 atom stereocenters. The van der Waals surface area contributed by atoms with E-state index < -0.39 is 5.91 Å². The molecule has 0 spiro atoms. The number of carbonyl (C=O) groups is 1. The van der Waals surface area contributed by atoms with Gasteiger partial charge in [-0.25, -0.2) is 19.1 Å². The van der Waals surface area contributed by atoms with Crippen molar-refractivity contribution in [2.45, 2.75) is 20.0 Å². The first kappa shape index (κ1) is 22.3. The molecular formula is C23H25ClN7O2+. The van der Waals surface area contributed by atoms with Crippen LogP contribution >= 0.6 is 11.6 Å². The number of nitrogens with two attached hydrogens (primary N) is 2. The summed E-state index contributed by atoms with van der Waals surface area (Å²) in [4.78, 5) is 20.5. The van der Waals surface area contributed by atoms with Crippen molar-refractivity contribution < 1.29 is 14.1 Å². The van der Waals surface area contributed by atoms with Gasteiger partial charge in [-0.2, -0.15) is 0 Å². The number of amides is 1. The van der Waals surface area contributed by atoms with Crippen LogP contribution in [0.25, 0.3) is 22.2 Å². The average Bonchev–Trinajstić information content (AvgIpc) is 3.10. The number of hydrogen-bond donors (Lipinski definition) is 3. The highest BCUT2D eigenvalue weighted by Crippen LogP contribution is 2.26. The number of nitrogens with one attached hydrogen (secondary N) is 1. The Morgan fingerprint density at radius 3 is 2.48 bits per heavy atom. The van der Waals surface area contributed by atoms with Crippen LogP contribution in [0.4, 0.5) is 11.6 Å². The fraction of sp³-hybridized carbons (Fsp3) is 0.217. The van der Waals surface area contributed by atoms with Crippen molar-refractivity contribution in [3.05, 3.63) is 59.1 Å². The number of fused-ring (bicyclic) bond motifs is 1. The van der Waals surface area contributed by atoms with Crippen LogP contribution in [0.3, 0.4) is 0 Å². The number of benzene rings is 2. The van der Waals surface area contributed by atoms with Gasteiger partial charge in [-0.1, -0.05) is 23.7 Å². The Morgan fingerprint density at radius 1 is 1.12 bits per heavy atom. The third-order valence-electron chi connectivity index (χ3n) is 5.59. The highest BCUT2D eigenvalue weighted by molar-refractivity contribution is 6.31. The molecule has 0 bridgehead atoms. The fourth-order valence-electron chi connectivity index (χ4n) is 3.86. The summed E-state index contributed by atoms with van der Waals surface area (Å²) in [5.74, 6) is 1.16. The number of anilines is 2. The lowest BCUT2D eigenvalue weighted by atomic mass is 10.0. The van der Waals surface area contributed by atoms with E-state index in [1.165, 1.54) is 0 Å². The smallest absolute Gasteiger partial charge is 0.276 e. The van der Waals surface area contributed by atoms with Crippen LogP contribution in [-0.2, 0) is 20.1 Å². The molecule has 0 aliphatic carbocycles. The van der Waals surface area contributed by atoms with Crippen LogP contribution in [0.15, 0.2) is 42.5 Å². The van der Waals surface area contributed by atoms with Crippen molar-refractivity contribution in [1.82, 2.24) is 19.9 Å². The molecule has 0 radical (unpaired) electrons. The van der Waals surface area contributed by atoms with E-state index in [0.717, 1.165) is 40.3 Å². The topological polar surface area (TPSA) is 125 Å². The Morgan fingerprint density at radius 2 is 1.82 bits per heavy atom. The molecule has 10 heteroatoms. The van der Waals surface area contributed by atoms with Crippen LogP contribution in [0.2, 0.25) is 5.15 Å². The van der Waals surface area contributed by atoms with E-state index in [9.17, 15) is 4.79 Å². The summed E-state index contributed by atoms with van der Waals surface area (Å²) < 4.78 is 9.47. The summed E-state index contributed by atoms with van der Waals surface area (Å²) in [6.07, 6.45) is 0. The first-order valence-electron chi connectivity index (χ1n) is 10.4. The Balaban J connectivity index is 1.65. The molecule has 9 nitrogen and oxygen atoms in total. The summed E-state index contributed by atoms with van der Waals surface area (Å²) in [6, 6.07) is 14.3. The molecule has 0 saturated heterocycles. The average molecular weight is 467 g/mol. The van der Waals surface area contributed by atoms with E-state index in [1.54, 1.807) is 7.11 Å². The fourth-order valence-corrected chi connectivity index (χ4v) is 3.99. The zero-order valence-electron chi connectivity index (χ0n) is 18.6. The minimum absolute atomic E-state index is 0.0177. The summed E-state index contributed by atoms with van der Waals surface area (Å²) in [6.45, 7) is 3.06. The number of aromatic nitrogens is 4. The van der Waals surface area contributed by atoms with Gasteiger partial charge in [0.25, 0.3) is 11.7 Å². The van der Waals surface area contributed by atoms with Crippen LogP contribution in [0.1, 0.15) is 23.2 Å². The summed E-state index contributed by atoms with van der Waals surface area (Å²) in [5, 5.41) is 2.80. The number of nitrogens with zero attached hydrogens (tertiary/aromatic N) is 4. The molecule has 0 fully saturated rings. The maximum atomic E-state index is 12.7. The van der Waals surface area contributed by atoms with Crippen molar-refractivity contribution in [2.75, 3.05) is 18.6 Å². The molecule has 2 aromatic carbocycles. The number of carbonyl (C=O) groups excluding carboxylic acids is 1. The maximum absolute atomic E-state index is 12.7. The SMILES string of the molecule is CCn1c(CNC(=O)c2nc(Cl)c(N)nc2N)[n+](C)c2cc(-c3ccc(OC)cc3)ccc21. The number of rotatable bonds is 6. The van der Waals surface area contributed by atoms with Crippen molar-refractivity contribution in [3.63, 3.8) is 0 Å². The number of methoxy groups -OCH3 is 1. The van der Waals surface area contributed by atoms with Crippen molar-refractivity contribution in [2.24, 2.45) is 7.05 Å². The highest BCUT2D eigenvalue weighted by atomic mass is 35.5. The summed E-state index contributed by atoms with van der Waals surface area (Å²) in [7, 11) is 3.62. The van der Waals surface area contributed by atoms with E-state index in [4.69, 9.17) is 27.8 Å². The molecule has 33 heavy (non-hydrogen) atoms. The molecule has 4 aromatic rings. The van der Waals surface area contributed by atoms with Crippen molar-refractivity contribution in [1.29, 1.82) is 0 Å². The molecule has 2 heterocycles. The van der Waals surface area contributed by atoms with Gasteiger partial charge < -0.3 is 21.5 Å². The lowest BCUT2D eigenvalue weighted by Crippen LogP contribution is -2.38. The predicted octanol–water partition coefficient (Wildman–Crippen LogP) is 2.70. The van der Waals surface area contributed by atoms with E-state index in [2.05, 4.69) is 49.5 Å². The molecule has 0 aliphatic rings. The number of nitrogen functional groups attached to an aromatic ring is 2. The number of hydrogen-bond acceptors (Lipinski definition) is 6. The maximum Gasteiger partial charge on any atom is 0.276 e. The second kappa shape index (κ2) is 8.95. The normalized spacial score (nSPS) is 11.0. The third kappa shape index (κ3) is 4.14. The minimum atomic E-state index is -0.478. The van der Waals surface area contributed by atoms with Crippen LogP contribution < -0.4 is 26.1 Å². The van der Waals surface area contributed by atoms with E-state index >= 15 is 0 Å². The van der Waals surface area contributed by atoms with E-state index in [0.29, 0.717) is 0 Å². The van der Waals surface area contributed by atoms with Crippen LogP contribution in [-0.4, -0.2) is 27.6 Å². The first-order valence-corrected chi connectivity index (χ1v) is 10.7. The van der Waals surface area contributed by atoms with Gasteiger partial charge >= 0.3 is 0 Å². The predicted molar refractivity (Wildman–Crippen MR) is 128 cm³/mol. The Hall–Kier alpha value is -3.85. The monoisotopic (exact) mass is 466 g/mol. The summed E-state index contributed by atoms with van der Waals surface area (Å²) >= 11 is 5.91. The number of imidazole rings is 1. The molecule has 1 amide bonds. The Labute approximate surface area is 196 Å². The van der Waals surface area contributed by atoms with E-state index in [-0.39, 0.29) is 29.0 Å². The Bertz CT molecular complexity index is 1350. The third-order valence-corrected chi connectivity index (χ3v) is 5.87. The lowest BCUT2D eigenvalue weighted by molar-refractivity contribution is -0.654. The van der Waals surface area contributed by atoms with Gasteiger partial charge in [0.1, 0.15) is 12.3 Å². The van der Waals surface area contributed by atoms with Crippen molar-refractivity contribution in [3.8, 4) is 16.9 Å². The molecule has 0 saturated carbocycles. The van der Waals surface area contributed by atoms with E-state index in [1.807, 2.05) is 31.3 Å². The Kier molecular flexibility index (Phi) is 6.06. The highest BCUT2D eigenvalue weighted by Gasteiger charge is 2.24. The zero-order chi connectivity index (χ0) is 23.7. The standard InChI is InChI=1S/C23H24ClN7O2/c1-4-31-16-10-7-14(13-5-8-15(33-3)9-6-13)11-17(16)30(2)18(31)12-27-23(32)19-21(25)29-22(26)20(24)28-19/h5-11H,4,12H2,1-3H3,(H4-,25,26,27,29,32)/p+1.